The smallest absolute Gasteiger partial charge is 0.266 e. The quantitative estimate of drug-likeness (QED) is 0.661. The van der Waals surface area contributed by atoms with Crippen LogP contribution in [-0.4, -0.2) is 39.5 Å². The van der Waals surface area contributed by atoms with Gasteiger partial charge in [-0.3, -0.25) is 4.79 Å². The topological polar surface area (TPSA) is 112 Å². The van der Waals surface area contributed by atoms with Crippen LogP contribution >= 0.6 is 0 Å². The minimum absolute atomic E-state index is 0.0249. The predicted octanol–water partition coefficient (Wildman–Crippen LogP) is 1.10. The highest BCUT2D eigenvalue weighted by Crippen LogP contribution is 2.23. The zero-order valence-corrected chi connectivity index (χ0v) is 16.7. The van der Waals surface area contributed by atoms with Gasteiger partial charge in [-0.05, 0) is 29.2 Å². The third-order valence-electron chi connectivity index (χ3n) is 4.15. The van der Waals surface area contributed by atoms with Gasteiger partial charge in [-0.2, -0.15) is 5.10 Å². The highest BCUT2D eigenvalue weighted by Gasteiger charge is 2.17. The minimum Gasteiger partial charge on any atom is -0.268 e. The van der Waals surface area contributed by atoms with Crippen LogP contribution in [0.4, 0.5) is 0 Å². The molecule has 3 rings (SSSR count). The maximum absolute atomic E-state index is 12.5. The molecule has 0 bridgehead atoms. The van der Waals surface area contributed by atoms with Crippen molar-refractivity contribution >= 4 is 10.0 Å². The summed E-state index contributed by atoms with van der Waals surface area (Å²) in [5.41, 5.74) is 0.655. The number of nitrogens with one attached hydrogen (secondary N) is 1. The minimum atomic E-state index is -3.68. The third-order valence-corrected chi connectivity index (χ3v) is 5.63. The molecule has 0 aliphatic carbocycles. The standard InChI is InChI=1S/C18H22N6O3S/c1-18(2,3)14-4-6-15(7-5-14)28(26,27)21-10-11-23-17(25)9-8-16(22-23)24-13-19-12-20-24/h4-9,12-13,21H,10-11H2,1-3H3. The molecule has 0 radical (unpaired) electrons. The van der Waals surface area contributed by atoms with E-state index < -0.39 is 10.0 Å². The van der Waals surface area contributed by atoms with E-state index >= 15 is 0 Å². The molecule has 0 aliphatic rings. The van der Waals surface area contributed by atoms with Gasteiger partial charge in [0.1, 0.15) is 12.7 Å². The maximum Gasteiger partial charge on any atom is 0.266 e. The van der Waals surface area contributed by atoms with Gasteiger partial charge in [0.25, 0.3) is 5.56 Å². The first-order valence-electron chi connectivity index (χ1n) is 8.70. The Morgan fingerprint density at radius 2 is 1.79 bits per heavy atom. The van der Waals surface area contributed by atoms with Gasteiger partial charge in [0.2, 0.25) is 10.0 Å². The first-order chi connectivity index (χ1) is 13.2. The Morgan fingerprint density at radius 1 is 1.07 bits per heavy atom. The fraction of sp³-hybridized carbons (Fsp3) is 0.333. The molecule has 2 heterocycles. The van der Waals surface area contributed by atoms with Crippen LogP contribution in [0.5, 0.6) is 0 Å². The number of hydrogen-bond donors (Lipinski definition) is 1. The third kappa shape index (κ3) is 4.52. The van der Waals surface area contributed by atoms with Gasteiger partial charge in [0, 0.05) is 12.6 Å². The van der Waals surface area contributed by atoms with Crippen LogP contribution in [0.3, 0.4) is 0 Å². The van der Waals surface area contributed by atoms with Crippen molar-refractivity contribution in [3.05, 3.63) is 65.0 Å². The Labute approximate surface area is 163 Å². The largest absolute Gasteiger partial charge is 0.268 e. The van der Waals surface area contributed by atoms with Crippen molar-refractivity contribution in [2.24, 2.45) is 0 Å². The van der Waals surface area contributed by atoms with Crippen LogP contribution in [0, 0.1) is 0 Å². The van der Waals surface area contributed by atoms with E-state index in [4.69, 9.17) is 0 Å². The van der Waals surface area contributed by atoms with Crippen LogP contribution in [0.25, 0.3) is 5.82 Å². The van der Waals surface area contributed by atoms with Crippen LogP contribution < -0.4 is 10.3 Å². The van der Waals surface area contributed by atoms with Crippen molar-refractivity contribution in [1.82, 2.24) is 29.3 Å². The Kier molecular flexibility index (Phi) is 5.43. The maximum atomic E-state index is 12.5. The summed E-state index contributed by atoms with van der Waals surface area (Å²) < 4.78 is 30.1. The molecule has 0 atom stereocenters. The van der Waals surface area contributed by atoms with E-state index in [2.05, 4.69) is 40.7 Å². The van der Waals surface area contributed by atoms with Gasteiger partial charge in [-0.25, -0.2) is 27.5 Å². The molecule has 10 heteroatoms. The van der Waals surface area contributed by atoms with Gasteiger partial charge in [0.15, 0.2) is 5.82 Å². The van der Waals surface area contributed by atoms with Crippen molar-refractivity contribution in [1.29, 1.82) is 0 Å². The van der Waals surface area contributed by atoms with E-state index in [9.17, 15) is 13.2 Å². The van der Waals surface area contributed by atoms with Crippen LogP contribution in [0.2, 0.25) is 0 Å². The number of nitrogens with zero attached hydrogens (tertiary/aromatic N) is 5. The number of rotatable bonds is 6. The summed E-state index contributed by atoms with van der Waals surface area (Å²) in [4.78, 5) is 16.0. The summed E-state index contributed by atoms with van der Waals surface area (Å²) in [6.07, 6.45) is 2.82. The average Bonchev–Trinajstić information content (AvgIpc) is 3.17. The van der Waals surface area contributed by atoms with Crippen LogP contribution in [0.1, 0.15) is 26.3 Å². The van der Waals surface area contributed by atoms with Crippen LogP contribution in [-0.2, 0) is 22.0 Å². The molecule has 9 nitrogen and oxygen atoms in total. The summed E-state index contributed by atoms with van der Waals surface area (Å²) in [5, 5.41) is 8.13. The highest BCUT2D eigenvalue weighted by molar-refractivity contribution is 7.89. The van der Waals surface area contributed by atoms with Crippen molar-refractivity contribution in [2.75, 3.05) is 6.54 Å². The monoisotopic (exact) mass is 402 g/mol. The lowest BCUT2D eigenvalue weighted by atomic mass is 9.87. The van der Waals surface area contributed by atoms with Gasteiger partial charge in [0.05, 0.1) is 11.4 Å². The predicted molar refractivity (Wildman–Crippen MR) is 104 cm³/mol. The molecule has 0 spiro atoms. The average molecular weight is 402 g/mol. The number of benzene rings is 1. The van der Waals surface area contributed by atoms with E-state index in [1.165, 1.54) is 34.2 Å². The molecule has 0 saturated heterocycles. The van der Waals surface area contributed by atoms with Crippen molar-refractivity contribution in [3.8, 4) is 5.82 Å². The van der Waals surface area contributed by atoms with Gasteiger partial charge in [-0.15, -0.1) is 5.10 Å². The van der Waals surface area contributed by atoms with E-state index in [1.807, 2.05) is 12.1 Å². The molecular weight excluding hydrogens is 380 g/mol. The molecule has 0 unspecified atom stereocenters. The lowest BCUT2D eigenvalue weighted by Gasteiger charge is -2.19. The molecule has 2 aromatic heterocycles. The summed E-state index contributed by atoms with van der Waals surface area (Å²) >= 11 is 0. The zero-order valence-electron chi connectivity index (χ0n) is 15.9. The molecule has 1 aromatic carbocycles. The number of aromatic nitrogens is 5. The number of hydrogen-bond acceptors (Lipinski definition) is 6. The first-order valence-corrected chi connectivity index (χ1v) is 10.2. The van der Waals surface area contributed by atoms with Crippen LogP contribution in [0.15, 0.2) is 58.7 Å². The van der Waals surface area contributed by atoms with Gasteiger partial charge >= 0.3 is 0 Å². The second kappa shape index (κ2) is 7.64. The summed E-state index contributed by atoms with van der Waals surface area (Å²) in [6.45, 7) is 6.30. The highest BCUT2D eigenvalue weighted by atomic mass is 32.2. The molecule has 0 saturated carbocycles. The van der Waals surface area contributed by atoms with E-state index in [0.29, 0.717) is 5.82 Å². The molecule has 3 aromatic rings. The van der Waals surface area contributed by atoms with E-state index in [-0.39, 0.29) is 29.0 Å². The molecule has 1 N–H and O–H groups in total. The van der Waals surface area contributed by atoms with Gasteiger partial charge in [-0.1, -0.05) is 32.9 Å². The molecule has 0 aliphatic heterocycles. The Morgan fingerprint density at radius 3 is 2.39 bits per heavy atom. The fourth-order valence-electron chi connectivity index (χ4n) is 2.55. The Balaban J connectivity index is 1.69. The number of sulfonamides is 1. The van der Waals surface area contributed by atoms with Crippen molar-refractivity contribution < 1.29 is 8.42 Å². The lowest BCUT2D eigenvalue weighted by Crippen LogP contribution is -2.32. The summed E-state index contributed by atoms with van der Waals surface area (Å²) in [5.74, 6) is 0.415. The molecule has 0 fully saturated rings. The molecular formula is C18H22N6O3S. The molecule has 0 amide bonds. The lowest BCUT2D eigenvalue weighted by molar-refractivity contribution is 0.541. The Bertz CT molecular complexity index is 1100. The van der Waals surface area contributed by atoms with Gasteiger partial charge < -0.3 is 0 Å². The van der Waals surface area contributed by atoms with Crippen molar-refractivity contribution in [3.63, 3.8) is 0 Å². The summed E-state index contributed by atoms with van der Waals surface area (Å²) in [7, 11) is -3.68. The molecule has 148 valence electrons. The normalized spacial score (nSPS) is 12.2. The summed E-state index contributed by atoms with van der Waals surface area (Å²) in [6, 6.07) is 9.65. The second-order valence-corrected chi connectivity index (χ2v) is 9.03. The fourth-order valence-corrected chi connectivity index (χ4v) is 3.57. The zero-order chi connectivity index (χ0) is 20.4. The van der Waals surface area contributed by atoms with Crippen molar-refractivity contribution in [2.45, 2.75) is 37.6 Å². The SMILES string of the molecule is CC(C)(C)c1ccc(S(=O)(=O)NCCn2nc(-n3cncn3)ccc2=O)cc1. The second-order valence-electron chi connectivity index (χ2n) is 7.27. The van der Waals surface area contributed by atoms with E-state index in [0.717, 1.165) is 5.56 Å². The van der Waals surface area contributed by atoms with E-state index in [1.54, 1.807) is 12.1 Å². The first kappa shape index (κ1) is 19.9. The Hall–Kier alpha value is -2.85. The molecule has 28 heavy (non-hydrogen) atoms.